The van der Waals surface area contributed by atoms with Gasteiger partial charge in [-0.25, -0.2) is 0 Å². The molecule has 2 heterocycles. The first-order chi connectivity index (χ1) is 7.09. The Morgan fingerprint density at radius 3 is 2.67 bits per heavy atom. The van der Waals surface area contributed by atoms with E-state index in [2.05, 4.69) is 28.9 Å². The number of aryl methyl sites for hydroxylation is 2. The summed E-state index contributed by atoms with van der Waals surface area (Å²) >= 11 is 5.21. The van der Waals surface area contributed by atoms with Crippen molar-refractivity contribution < 1.29 is 4.42 Å². The lowest BCUT2D eigenvalue weighted by Crippen LogP contribution is -2.10. The second kappa shape index (κ2) is 4.12. The van der Waals surface area contributed by atoms with Crippen molar-refractivity contribution in [2.24, 2.45) is 5.73 Å². The highest BCUT2D eigenvalue weighted by atomic mass is 79.9. The van der Waals surface area contributed by atoms with Crippen LogP contribution < -0.4 is 5.73 Å². The Bertz CT molecular complexity index is 475. The predicted molar refractivity (Wildman–Crippen MR) is 66.2 cm³/mol. The smallest absolute Gasteiger partial charge is 0.128 e. The molecule has 2 N–H and O–H groups in total. The van der Waals surface area contributed by atoms with E-state index in [1.807, 2.05) is 13.0 Å². The third-order valence-electron chi connectivity index (χ3n) is 2.30. The molecule has 0 radical (unpaired) electrons. The molecule has 0 aliphatic carbocycles. The second-order valence-corrected chi connectivity index (χ2v) is 5.66. The van der Waals surface area contributed by atoms with Crippen LogP contribution in [0.1, 0.15) is 27.1 Å². The molecule has 2 aromatic rings. The number of nitrogens with two attached hydrogens (primary N) is 1. The Balaban J connectivity index is 2.40. The van der Waals surface area contributed by atoms with Gasteiger partial charge in [0.05, 0.1) is 12.3 Å². The van der Waals surface area contributed by atoms with Gasteiger partial charge in [0.15, 0.2) is 0 Å². The van der Waals surface area contributed by atoms with Crippen LogP contribution in [0.25, 0.3) is 0 Å². The molecular formula is C11H12BrNOS. The standard InChI is InChI=1S/C11H12BrNOS/c1-6-3-4-14-10(6)9(13)11-8(12)5-7(2)15-11/h3-5,9H,13H2,1-2H3. The molecule has 0 spiro atoms. The third-order valence-corrected chi connectivity index (χ3v) is 4.36. The monoisotopic (exact) mass is 285 g/mol. The Hall–Kier alpha value is -0.580. The van der Waals surface area contributed by atoms with Gasteiger partial charge in [0.25, 0.3) is 0 Å². The fraction of sp³-hybridized carbons (Fsp3) is 0.273. The van der Waals surface area contributed by atoms with Gasteiger partial charge in [-0.2, -0.15) is 0 Å². The SMILES string of the molecule is Cc1cc(Br)c(C(N)c2occc2C)s1. The van der Waals surface area contributed by atoms with Gasteiger partial charge in [0.1, 0.15) is 5.76 Å². The average molecular weight is 286 g/mol. The van der Waals surface area contributed by atoms with Crippen LogP contribution in [0.5, 0.6) is 0 Å². The molecule has 0 amide bonds. The maximum Gasteiger partial charge on any atom is 0.128 e. The minimum atomic E-state index is -0.173. The molecule has 4 heteroatoms. The molecule has 2 nitrogen and oxygen atoms in total. The fourth-order valence-corrected chi connectivity index (χ4v) is 3.43. The van der Waals surface area contributed by atoms with E-state index in [1.54, 1.807) is 17.6 Å². The number of hydrogen-bond acceptors (Lipinski definition) is 3. The van der Waals surface area contributed by atoms with E-state index >= 15 is 0 Å². The van der Waals surface area contributed by atoms with E-state index in [-0.39, 0.29) is 6.04 Å². The van der Waals surface area contributed by atoms with Crippen molar-refractivity contribution in [3.8, 4) is 0 Å². The largest absolute Gasteiger partial charge is 0.467 e. The molecule has 0 bridgehead atoms. The van der Waals surface area contributed by atoms with Gasteiger partial charge >= 0.3 is 0 Å². The van der Waals surface area contributed by atoms with E-state index < -0.39 is 0 Å². The Kier molecular flexibility index (Phi) is 3.00. The second-order valence-electron chi connectivity index (χ2n) is 3.51. The summed E-state index contributed by atoms with van der Waals surface area (Å²) in [7, 11) is 0. The molecule has 15 heavy (non-hydrogen) atoms. The first-order valence-corrected chi connectivity index (χ1v) is 6.26. The van der Waals surface area contributed by atoms with Crippen molar-refractivity contribution in [2.75, 3.05) is 0 Å². The number of hydrogen-bond donors (Lipinski definition) is 1. The number of rotatable bonds is 2. The normalized spacial score (nSPS) is 13.1. The Morgan fingerprint density at radius 1 is 1.47 bits per heavy atom. The molecule has 2 aromatic heterocycles. The van der Waals surface area contributed by atoms with Crippen LogP contribution in [0, 0.1) is 13.8 Å². The average Bonchev–Trinajstić information content (AvgIpc) is 2.71. The van der Waals surface area contributed by atoms with Crippen LogP contribution in [0.4, 0.5) is 0 Å². The van der Waals surface area contributed by atoms with Gasteiger partial charge in [-0.1, -0.05) is 0 Å². The van der Waals surface area contributed by atoms with Crippen molar-refractivity contribution in [2.45, 2.75) is 19.9 Å². The maximum atomic E-state index is 6.16. The lowest BCUT2D eigenvalue weighted by atomic mass is 10.1. The van der Waals surface area contributed by atoms with Crippen LogP contribution in [0.3, 0.4) is 0 Å². The van der Waals surface area contributed by atoms with E-state index in [9.17, 15) is 0 Å². The van der Waals surface area contributed by atoms with Crippen molar-refractivity contribution in [1.82, 2.24) is 0 Å². The van der Waals surface area contributed by atoms with Crippen molar-refractivity contribution in [1.29, 1.82) is 0 Å². The summed E-state index contributed by atoms with van der Waals surface area (Å²) in [4.78, 5) is 2.36. The number of halogens is 1. The van der Waals surface area contributed by atoms with Crippen LogP contribution in [-0.2, 0) is 0 Å². The van der Waals surface area contributed by atoms with Crippen LogP contribution in [0.15, 0.2) is 27.3 Å². The molecule has 1 atom stereocenters. The molecule has 0 saturated heterocycles. The highest BCUT2D eigenvalue weighted by Crippen LogP contribution is 2.35. The Morgan fingerprint density at radius 2 is 2.20 bits per heavy atom. The number of furan rings is 1. The zero-order valence-corrected chi connectivity index (χ0v) is 11.0. The first-order valence-electron chi connectivity index (χ1n) is 4.65. The molecule has 0 fully saturated rings. The summed E-state index contributed by atoms with van der Waals surface area (Å²) in [5.41, 5.74) is 7.26. The molecule has 0 aliphatic heterocycles. The molecule has 0 saturated carbocycles. The summed E-state index contributed by atoms with van der Waals surface area (Å²) < 4.78 is 6.47. The fourth-order valence-electron chi connectivity index (χ4n) is 1.54. The molecule has 80 valence electrons. The minimum Gasteiger partial charge on any atom is -0.467 e. The quantitative estimate of drug-likeness (QED) is 0.912. The summed E-state index contributed by atoms with van der Waals surface area (Å²) in [6, 6.07) is 3.84. The summed E-state index contributed by atoms with van der Waals surface area (Å²) in [6.45, 7) is 4.08. The Labute approximate surface area is 101 Å². The van der Waals surface area contributed by atoms with Crippen molar-refractivity contribution in [3.05, 3.63) is 43.9 Å². The molecule has 2 rings (SSSR count). The third kappa shape index (κ3) is 2.02. The molecule has 1 unspecified atom stereocenters. The van der Waals surface area contributed by atoms with Gasteiger partial charge in [-0.05, 0) is 47.5 Å². The topological polar surface area (TPSA) is 39.2 Å². The first kappa shape index (κ1) is 10.9. The van der Waals surface area contributed by atoms with E-state index in [0.29, 0.717) is 0 Å². The highest BCUT2D eigenvalue weighted by molar-refractivity contribution is 9.10. The zero-order chi connectivity index (χ0) is 11.0. The van der Waals surface area contributed by atoms with Crippen molar-refractivity contribution >= 4 is 27.3 Å². The summed E-state index contributed by atoms with van der Waals surface area (Å²) in [5.74, 6) is 0.845. The lowest BCUT2D eigenvalue weighted by Gasteiger charge is -2.08. The number of thiophene rings is 1. The van der Waals surface area contributed by atoms with Crippen LogP contribution in [0.2, 0.25) is 0 Å². The van der Waals surface area contributed by atoms with Gasteiger partial charge < -0.3 is 10.2 Å². The zero-order valence-electron chi connectivity index (χ0n) is 8.58. The minimum absolute atomic E-state index is 0.173. The predicted octanol–water partition coefficient (Wildman–Crippen LogP) is 3.77. The van der Waals surface area contributed by atoms with Crippen LogP contribution in [-0.4, -0.2) is 0 Å². The van der Waals surface area contributed by atoms with E-state index in [1.165, 1.54) is 4.88 Å². The highest BCUT2D eigenvalue weighted by Gasteiger charge is 2.19. The molecular weight excluding hydrogens is 274 g/mol. The van der Waals surface area contributed by atoms with Gasteiger partial charge in [0, 0.05) is 14.2 Å². The lowest BCUT2D eigenvalue weighted by molar-refractivity contribution is 0.488. The van der Waals surface area contributed by atoms with E-state index in [0.717, 1.165) is 20.7 Å². The van der Waals surface area contributed by atoms with Crippen LogP contribution >= 0.6 is 27.3 Å². The molecule has 0 aromatic carbocycles. The van der Waals surface area contributed by atoms with Gasteiger partial charge in [-0.15, -0.1) is 11.3 Å². The van der Waals surface area contributed by atoms with Gasteiger partial charge in [-0.3, -0.25) is 0 Å². The summed E-state index contributed by atoms with van der Waals surface area (Å²) in [6.07, 6.45) is 1.68. The van der Waals surface area contributed by atoms with E-state index in [4.69, 9.17) is 10.2 Å². The molecule has 0 aliphatic rings. The maximum absolute atomic E-state index is 6.16. The van der Waals surface area contributed by atoms with Crippen molar-refractivity contribution in [3.63, 3.8) is 0 Å². The van der Waals surface area contributed by atoms with Gasteiger partial charge in [0.2, 0.25) is 0 Å². The summed E-state index contributed by atoms with van der Waals surface area (Å²) in [5, 5.41) is 0.